The summed E-state index contributed by atoms with van der Waals surface area (Å²) in [4.78, 5) is 12.4. The van der Waals surface area contributed by atoms with Crippen LogP contribution in [0.4, 0.5) is 5.69 Å². The lowest BCUT2D eigenvalue weighted by Crippen LogP contribution is -2.27. The van der Waals surface area contributed by atoms with Gasteiger partial charge >= 0.3 is 0 Å². The average molecular weight is 284 g/mol. The summed E-state index contributed by atoms with van der Waals surface area (Å²) in [5, 5.41) is 2.99. The highest BCUT2D eigenvalue weighted by atomic mass is 16.5. The Morgan fingerprint density at radius 3 is 2.62 bits per heavy atom. The first-order valence-electron chi connectivity index (χ1n) is 6.83. The maximum absolute atomic E-state index is 12.4. The molecule has 4 heteroatoms. The van der Waals surface area contributed by atoms with Gasteiger partial charge in [-0.1, -0.05) is 24.3 Å². The number of amides is 1. The van der Waals surface area contributed by atoms with Crippen molar-refractivity contribution in [3.8, 4) is 5.75 Å². The van der Waals surface area contributed by atoms with E-state index in [0.717, 1.165) is 11.1 Å². The van der Waals surface area contributed by atoms with Gasteiger partial charge in [0.05, 0.1) is 18.7 Å². The highest BCUT2D eigenvalue weighted by molar-refractivity contribution is 5.97. The van der Waals surface area contributed by atoms with Gasteiger partial charge in [0, 0.05) is 11.8 Å². The fourth-order valence-electron chi connectivity index (χ4n) is 2.32. The summed E-state index contributed by atoms with van der Waals surface area (Å²) in [7, 11) is 1.52. The molecule has 2 aromatic carbocycles. The quantitative estimate of drug-likeness (QED) is 0.848. The van der Waals surface area contributed by atoms with E-state index in [2.05, 4.69) is 5.32 Å². The maximum atomic E-state index is 12.4. The van der Waals surface area contributed by atoms with Crippen LogP contribution in [0.2, 0.25) is 0 Å². The Morgan fingerprint density at radius 2 is 1.95 bits per heavy atom. The van der Waals surface area contributed by atoms with Crippen LogP contribution in [-0.4, -0.2) is 13.0 Å². The van der Waals surface area contributed by atoms with Crippen molar-refractivity contribution in [3.63, 3.8) is 0 Å². The number of hydrogen-bond donors (Lipinski definition) is 2. The van der Waals surface area contributed by atoms with E-state index in [1.54, 1.807) is 18.2 Å². The molecular formula is C17H20N2O2. The molecule has 0 spiro atoms. The van der Waals surface area contributed by atoms with Crippen molar-refractivity contribution < 1.29 is 9.53 Å². The van der Waals surface area contributed by atoms with Crippen LogP contribution in [0, 0.1) is 6.92 Å². The van der Waals surface area contributed by atoms with Crippen molar-refractivity contribution >= 4 is 11.6 Å². The molecule has 1 amide bonds. The minimum Gasteiger partial charge on any atom is -0.496 e. The van der Waals surface area contributed by atoms with Crippen LogP contribution in [0.5, 0.6) is 5.75 Å². The summed E-state index contributed by atoms with van der Waals surface area (Å²) in [6, 6.07) is 12.9. The van der Waals surface area contributed by atoms with Gasteiger partial charge in [-0.3, -0.25) is 4.79 Å². The van der Waals surface area contributed by atoms with Gasteiger partial charge in [0.2, 0.25) is 0 Å². The van der Waals surface area contributed by atoms with Gasteiger partial charge in [0.25, 0.3) is 5.91 Å². The smallest absolute Gasteiger partial charge is 0.255 e. The molecule has 0 saturated heterocycles. The summed E-state index contributed by atoms with van der Waals surface area (Å²) in [6.07, 6.45) is 0. The van der Waals surface area contributed by atoms with Crippen LogP contribution in [0.25, 0.3) is 0 Å². The second-order valence-electron chi connectivity index (χ2n) is 5.01. The molecule has 0 aliphatic carbocycles. The van der Waals surface area contributed by atoms with Gasteiger partial charge in [0.15, 0.2) is 0 Å². The zero-order valence-electron chi connectivity index (χ0n) is 12.5. The number of nitrogens with two attached hydrogens (primary N) is 1. The first-order chi connectivity index (χ1) is 10.0. The number of methoxy groups -OCH3 is 1. The number of rotatable bonds is 4. The van der Waals surface area contributed by atoms with Gasteiger partial charge < -0.3 is 15.8 Å². The van der Waals surface area contributed by atoms with Gasteiger partial charge in [-0.2, -0.15) is 0 Å². The van der Waals surface area contributed by atoms with Crippen molar-refractivity contribution in [1.29, 1.82) is 0 Å². The number of carbonyl (C=O) groups is 1. The minimum atomic E-state index is -0.178. The molecule has 0 fully saturated rings. The SMILES string of the molecule is COc1cc(N)ccc1C(=O)NC(C)c1ccccc1C. The van der Waals surface area contributed by atoms with E-state index in [-0.39, 0.29) is 11.9 Å². The number of aryl methyl sites for hydroxylation is 1. The van der Waals surface area contributed by atoms with Gasteiger partial charge in [0.1, 0.15) is 5.75 Å². The molecule has 0 radical (unpaired) electrons. The molecule has 110 valence electrons. The second kappa shape index (κ2) is 6.31. The average Bonchev–Trinajstić information content (AvgIpc) is 2.47. The van der Waals surface area contributed by atoms with E-state index >= 15 is 0 Å². The van der Waals surface area contributed by atoms with E-state index in [9.17, 15) is 4.79 Å². The number of nitrogens with one attached hydrogen (secondary N) is 1. The zero-order valence-corrected chi connectivity index (χ0v) is 12.5. The van der Waals surface area contributed by atoms with Crippen molar-refractivity contribution in [1.82, 2.24) is 5.32 Å². The molecule has 0 bridgehead atoms. The number of nitrogen functional groups attached to an aromatic ring is 1. The first kappa shape index (κ1) is 14.9. The highest BCUT2D eigenvalue weighted by Gasteiger charge is 2.16. The Hall–Kier alpha value is -2.49. The second-order valence-corrected chi connectivity index (χ2v) is 5.01. The fourth-order valence-corrected chi connectivity index (χ4v) is 2.32. The molecule has 2 aromatic rings. The van der Waals surface area contributed by atoms with E-state index in [0.29, 0.717) is 17.0 Å². The molecule has 21 heavy (non-hydrogen) atoms. The van der Waals surface area contributed by atoms with Crippen LogP contribution in [0.1, 0.15) is 34.5 Å². The van der Waals surface area contributed by atoms with Crippen LogP contribution >= 0.6 is 0 Å². The molecule has 1 atom stereocenters. The number of ether oxygens (including phenoxy) is 1. The Balaban J connectivity index is 2.20. The molecule has 3 N–H and O–H groups in total. The lowest BCUT2D eigenvalue weighted by Gasteiger charge is -2.17. The molecule has 0 aromatic heterocycles. The zero-order chi connectivity index (χ0) is 15.4. The van der Waals surface area contributed by atoms with Gasteiger partial charge in [-0.05, 0) is 37.1 Å². The summed E-state index contributed by atoms with van der Waals surface area (Å²) in [6.45, 7) is 3.99. The number of carbonyl (C=O) groups excluding carboxylic acids is 1. The molecule has 0 aliphatic rings. The Morgan fingerprint density at radius 1 is 1.24 bits per heavy atom. The molecule has 2 rings (SSSR count). The van der Waals surface area contributed by atoms with Gasteiger partial charge in [-0.25, -0.2) is 0 Å². The van der Waals surface area contributed by atoms with Crippen molar-refractivity contribution in [2.24, 2.45) is 0 Å². The molecule has 4 nitrogen and oxygen atoms in total. The van der Waals surface area contributed by atoms with Crippen molar-refractivity contribution in [2.45, 2.75) is 19.9 Å². The fraction of sp³-hybridized carbons (Fsp3) is 0.235. The number of benzene rings is 2. The van der Waals surface area contributed by atoms with Crippen molar-refractivity contribution in [2.75, 3.05) is 12.8 Å². The minimum absolute atomic E-state index is 0.0824. The maximum Gasteiger partial charge on any atom is 0.255 e. The number of hydrogen-bond acceptors (Lipinski definition) is 3. The Bertz CT molecular complexity index is 653. The summed E-state index contributed by atoms with van der Waals surface area (Å²) in [5.41, 5.74) is 8.99. The van der Waals surface area contributed by atoms with E-state index in [1.807, 2.05) is 38.1 Å². The number of anilines is 1. The third kappa shape index (κ3) is 3.34. The highest BCUT2D eigenvalue weighted by Crippen LogP contribution is 2.23. The van der Waals surface area contributed by atoms with E-state index in [1.165, 1.54) is 7.11 Å². The summed E-state index contributed by atoms with van der Waals surface area (Å²) < 4.78 is 5.22. The topological polar surface area (TPSA) is 64.3 Å². The van der Waals surface area contributed by atoms with Crippen LogP contribution in [0.3, 0.4) is 0 Å². The van der Waals surface area contributed by atoms with E-state index in [4.69, 9.17) is 10.5 Å². The van der Waals surface area contributed by atoms with Crippen LogP contribution in [0.15, 0.2) is 42.5 Å². The third-order valence-corrected chi connectivity index (χ3v) is 3.47. The predicted octanol–water partition coefficient (Wildman–Crippen LogP) is 3.08. The molecular weight excluding hydrogens is 264 g/mol. The lowest BCUT2D eigenvalue weighted by molar-refractivity contribution is 0.0937. The molecule has 0 saturated carbocycles. The monoisotopic (exact) mass is 284 g/mol. The lowest BCUT2D eigenvalue weighted by atomic mass is 10.0. The van der Waals surface area contributed by atoms with E-state index < -0.39 is 0 Å². The van der Waals surface area contributed by atoms with Crippen LogP contribution in [-0.2, 0) is 0 Å². The summed E-state index contributed by atoms with van der Waals surface area (Å²) in [5.74, 6) is 0.298. The molecule has 0 heterocycles. The Labute approximate surface area is 124 Å². The largest absolute Gasteiger partial charge is 0.496 e. The standard InChI is InChI=1S/C17H20N2O2/c1-11-6-4-5-7-14(11)12(2)19-17(20)15-9-8-13(18)10-16(15)21-3/h4-10,12H,18H2,1-3H3,(H,19,20). The summed E-state index contributed by atoms with van der Waals surface area (Å²) >= 11 is 0. The molecule has 1 unspecified atom stereocenters. The van der Waals surface area contributed by atoms with Crippen LogP contribution < -0.4 is 15.8 Å². The normalized spacial score (nSPS) is 11.8. The molecule has 0 aliphatic heterocycles. The van der Waals surface area contributed by atoms with Crippen molar-refractivity contribution in [3.05, 3.63) is 59.2 Å². The first-order valence-corrected chi connectivity index (χ1v) is 6.83. The predicted molar refractivity (Wildman–Crippen MR) is 84.5 cm³/mol. The van der Waals surface area contributed by atoms with Gasteiger partial charge in [-0.15, -0.1) is 0 Å². The Kier molecular flexibility index (Phi) is 4.48. The third-order valence-electron chi connectivity index (χ3n) is 3.47.